The van der Waals surface area contributed by atoms with Gasteiger partial charge in [0.1, 0.15) is 34.3 Å². The van der Waals surface area contributed by atoms with Crippen molar-refractivity contribution in [1.29, 1.82) is 0 Å². The first-order chi connectivity index (χ1) is 20.8. The average molecular weight is 628 g/mol. The molecule has 2 atom stereocenters. The second-order valence-corrected chi connectivity index (χ2v) is 10.7. The number of phenols is 1. The van der Waals surface area contributed by atoms with E-state index >= 15 is 0 Å². The quantitative estimate of drug-likeness (QED) is 0.188. The monoisotopic (exact) mass is 627 g/mol. The van der Waals surface area contributed by atoms with E-state index in [1.165, 1.54) is 43.5 Å². The van der Waals surface area contributed by atoms with Crippen molar-refractivity contribution in [3.63, 3.8) is 0 Å². The number of alkyl halides is 3. The molecule has 1 aliphatic rings. The molecule has 0 saturated heterocycles. The van der Waals surface area contributed by atoms with Crippen molar-refractivity contribution in [2.75, 3.05) is 17.2 Å². The molecular formula is C29H22ClF4N7O3. The highest BCUT2D eigenvalue weighted by Crippen LogP contribution is 2.47. The number of phenolic OH excluding ortho intramolecular Hbond substituents is 1. The Labute approximate surface area is 251 Å². The smallest absolute Gasteiger partial charge is 0.416 e. The fourth-order valence-electron chi connectivity index (χ4n) is 5.08. The number of anilines is 2. The van der Waals surface area contributed by atoms with Gasteiger partial charge in [0.2, 0.25) is 5.91 Å². The first-order valence-corrected chi connectivity index (χ1v) is 13.5. The van der Waals surface area contributed by atoms with E-state index in [0.29, 0.717) is 16.9 Å². The Balaban J connectivity index is 1.50. The van der Waals surface area contributed by atoms with Crippen LogP contribution in [0.15, 0.2) is 61.1 Å². The molecule has 15 heteroatoms. The van der Waals surface area contributed by atoms with Crippen LogP contribution in [-0.4, -0.2) is 59.3 Å². The highest BCUT2D eigenvalue weighted by atomic mass is 35.5. The van der Waals surface area contributed by atoms with Gasteiger partial charge in [-0.15, -0.1) is 0 Å². The molecule has 1 amide bonds. The zero-order valence-corrected chi connectivity index (χ0v) is 23.4. The molecule has 226 valence electrons. The summed E-state index contributed by atoms with van der Waals surface area (Å²) in [5.41, 5.74) is 0.492. The van der Waals surface area contributed by atoms with E-state index in [2.05, 4.69) is 30.6 Å². The van der Waals surface area contributed by atoms with Gasteiger partial charge >= 0.3 is 6.18 Å². The maximum atomic E-state index is 13.9. The number of aliphatic hydroxyl groups is 1. The molecule has 2 aromatic carbocycles. The molecule has 0 radical (unpaired) electrons. The first-order valence-electron chi connectivity index (χ1n) is 13.1. The number of carbonyl (C=O) groups is 1. The number of benzene rings is 2. The van der Waals surface area contributed by atoms with Crippen molar-refractivity contribution in [3.8, 4) is 17.3 Å². The van der Waals surface area contributed by atoms with Gasteiger partial charge in [0, 0.05) is 25.0 Å². The molecule has 4 N–H and O–H groups in total. The topological polar surface area (TPSA) is 138 Å². The molecule has 1 aliphatic heterocycles. The predicted molar refractivity (Wildman–Crippen MR) is 152 cm³/mol. The Morgan fingerprint density at radius 1 is 1.16 bits per heavy atom. The molecule has 3 aromatic heterocycles. The maximum Gasteiger partial charge on any atom is 0.416 e. The second-order valence-electron chi connectivity index (χ2n) is 10.3. The predicted octanol–water partition coefficient (Wildman–Crippen LogP) is 4.87. The Hall–Kier alpha value is -4.82. The molecule has 10 nitrogen and oxygen atoms in total. The van der Waals surface area contributed by atoms with Crippen LogP contribution < -0.4 is 10.6 Å². The number of aliphatic hydroxyl groups excluding tert-OH is 1. The minimum absolute atomic E-state index is 0.0138. The Bertz CT molecular complexity index is 1930. The number of aromatic hydroxyl groups is 1. The number of rotatable bonds is 7. The lowest BCUT2D eigenvalue weighted by molar-refractivity contribution is -0.198. The van der Waals surface area contributed by atoms with Crippen LogP contribution in [0.4, 0.5) is 29.2 Å². The summed E-state index contributed by atoms with van der Waals surface area (Å²) in [6.07, 6.45) is -2.74. The van der Waals surface area contributed by atoms with Crippen molar-refractivity contribution < 1.29 is 32.6 Å². The first kappa shape index (κ1) is 29.3. The molecular weight excluding hydrogens is 606 g/mol. The van der Waals surface area contributed by atoms with Crippen LogP contribution in [0.1, 0.15) is 29.3 Å². The van der Waals surface area contributed by atoms with E-state index in [0.717, 1.165) is 0 Å². The third kappa shape index (κ3) is 5.15. The number of amides is 1. The van der Waals surface area contributed by atoms with Crippen molar-refractivity contribution in [2.45, 2.75) is 31.0 Å². The van der Waals surface area contributed by atoms with Crippen LogP contribution in [0, 0.1) is 5.82 Å². The Morgan fingerprint density at radius 2 is 1.95 bits per heavy atom. The minimum atomic E-state index is -4.93. The van der Waals surface area contributed by atoms with Crippen LogP contribution in [-0.2, 0) is 16.6 Å². The van der Waals surface area contributed by atoms with Gasteiger partial charge in [-0.1, -0.05) is 29.8 Å². The van der Waals surface area contributed by atoms with Crippen LogP contribution in [0.3, 0.4) is 0 Å². The van der Waals surface area contributed by atoms with E-state index in [-0.39, 0.29) is 51.5 Å². The van der Waals surface area contributed by atoms with Crippen LogP contribution in [0.25, 0.3) is 17.2 Å². The standard InChI is InChI=1S/C29H22ClF4N7O3/c1-28(15-5-6-17(30)20(42)11-15)22-24(36-12-21(43)29(32,33)34)38-23(39-25(22)40-27(28)44)19-13-41-8-7-35-26(41)18(37-19)10-14-3-2-4-16(31)9-14/h2-9,11,13,21,42-43H,10,12H2,1H3,(H2,36,38,39,40,44)/t21-,28-/m1/s1. The van der Waals surface area contributed by atoms with Gasteiger partial charge in [-0.25, -0.2) is 24.3 Å². The molecule has 0 fully saturated rings. The van der Waals surface area contributed by atoms with Gasteiger partial charge < -0.3 is 25.2 Å². The van der Waals surface area contributed by atoms with Crippen molar-refractivity contribution in [1.82, 2.24) is 24.3 Å². The normalized spacial score (nSPS) is 17.0. The summed E-state index contributed by atoms with van der Waals surface area (Å²) in [7, 11) is 0. The zero-order chi connectivity index (χ0) is 31.4. The minimum Gasteiger partial charge on any atom is -0.506 e. The maximum absolute atomic E-state index is 13.9. The molecule has 4 heterocycles. The molecule has 0 unspecified atom stereocenters. The van der Waals surface area contributed by atoms with E-state index in [4.69, 9.17) is 11.6 Å². The number of nitrogens with zero attached hydrogens (tertiary/aromatic N) is 5. The Kier molecular flexibility index (Phi) is 7.13. The average Bonchev–Trinajstić information content (AvgIpc) is 3.55. The number of fused-ring (bicyclic) bond motifs is 2. The highest BCUT2D eigenvalue weighted by molar-refractivity contribution is 6.32. The SMILES string of the molecule is C[C@]1(c2ccc(Cl)c(O)c2)C(=O)Nc2nc(-c3cn4ccnc4c(Cc4cccc(F)c4)n3)nc(NC[C@@H](O)C(F)(F)F)c21. The molecule has 0 saturated carbocycles. The van der Waals surface area contributed by atoms with E-state index in [1.54, 1.807) is 28.9 Å². The summed E-state index contributed by atoms with van der Waals surface area (Å²) in [5, 5.41) is 25.2. The molecule has 44 heavy (non-hydrogen) atoms. The summed E-state index contributed by atoms with van der Waals surface area (Å²) in [6, 6.07) is 10.1. The number of nitrogens with one attached hydrogen (secondary N) is 2. The van der Waals surface area contributed by atoms with Crippen molar-refractivity contribution >= 4 is 34.8 Å². The lowest BCUT2D eigenvalue weighted by atomic mass is 9.77. The summed E-state index contributed by atoms with van der Waals surface area (Å²) >= 11 is 5.97. The number of aromatic nitrogens is 5. The number of carbonyl (C=O) groups excluding carboxylic acids is 1. The summed E-state index contributed by atoms with van der Waals surface area (Å²) in [5.74, 6) is -1.58. The van der Waals surface area contributed by atoms with Crippen LogP contribution in [0.5, 0.6) is 5.75 Å². The second kappa shape index (κ2) is 10.7. The van der Waals surface area contributed by atoms with Crippen molar-refractivity contribution in [2.24, 2.45) is 0 Å². The zero-order valence-electron chi connectivity index (χ0n) is 22.7. The van der Waals surface area contributed by atoms with Crippen LogP contribution in [0.2, 0.25) is 5.02 Å². The van der Waals surface area contributed by atoms with Crippen molar-refractivity contribution in [3.05, 3.63) is 94.3 Å². The van der Waals surface area contributed by atoms with Gasteiger partial charge in [-0.2, -0.15) is 13.2 Å². The molecule has 0 spiro atoms. The number of hydrogen-bond acceptors (Lipinski definition) is 8. The number of hydrogen-bond donors (Lipinski definition) is 4. The van der Waals surface area contributed by atoms with Gasteiger partial charge in [-0.05, 0) is 42.3 Å². The summed E-state index contributed by atoms with van der Waals surface area (Å²) in [6.45, 7) is 0.513. The lowest BCUT2D eigenvalue weighted by Gasteiger charge is -2.25. The van der Waals surface area contributed by atoms with E-state index < -0.39 is 36.0 Å². The molecule has 0 bridgehead atoms. The van der Waals surface area contributed by atoms with Gasteiger partial charge in [-0.3, -0.25) is 4.79 Å². The molecule has 0 aliphatic carbocycles. The fraction of sp³-hybridized carbons (Fsp3) is 0.207. The number of halogens is 5. The lowest BCUT2D eigenvalue weighted by Crippen LogP contribution is -2.36. The largest absolute Gasteiger partial charge is 0.506 e. The van der Waals surface area contributed by atoms with Crippen LogP contribution >= 0.6 is 11.6 Å². The molecule has 5 aromatic rings. The summed E-state index contributed by atoms with van der Waals surface area (Å²) in [4.78, 5) is 31.4. The molecule has 6 rings (SSSR count). The Morgan fingerprint density at radius 3 is 2.68 bits per heavy atom. The third-order valence-corrected chi connectivity index (χ3v) is 7.71. The van der Waals surface area contributed by atoms with E-state index in [1.807, 2.05) is 0 Å². The summed E-state index contributed by atoms with van der Waals surface area (Å²) < 4.78 is 55.2. The van der Waals surface area contributed by atoms with Gasteiger partial charge in [0.15, 0.2) is 17.6 Å². The van der Waals surface area contributed by atoms with E-state index in [9.17, 15) is 32.6 Å². The third-order valence-electron chi connectivity index (χ3n) is 7.39. The van der Waals surface area contributed by atoms with Gasteiger partial charge in [0.05, 0.1) is 22.8 Å². The van der Waals surface area contributed by atoms with Gasteiger partial charge in [0.25, 0.3) is 0 Å². The highest BCUT2D eigenvalue weighted by Gasteiger charge is 2.48. The number of imidazole rings is 1. The fourth-order valence-corrected chi connectivity index (χ4v) is 5.20.